The highest BCUT2D eigenvalue weighted by Crippen LogP contribution is 2.25. The van der Waals surface area contributed by atoms with Crippen LogP contribution in [0, 0.1) is 5.82 Å². The smallest absolute Gasteiger partial charge is 0.126 e. The highest BCUT2D eigenvalue weighted by molar-refractivity contribution is 5.26. The van der Waals surface area contributed by atoms with Crippen molar-refractivity contribution in [1.29, 1.82) is 0 Å². The lowest BCUT2D eigenvalue weighted by Crippen LogP contribution is -2.46. The lowest BCUT2D eigenvalue weighted by molar-refractivity contribution is 0.321. The minimum atomic E-state index is -0.239. The summed E-state index contributed by atoms with van der Waals surface area (Å²) in [7, 11) is 0. The molecule has 18 heavy (non-hydrogen) atoms. The van der Waals surface area contributed by atoms with E-state index in [1.165, 1.54) is 6.07 Å². The fraction of sp³-hybridized carbons (Fsp3) is 0.600. The van der Waals surface area contributed by atoms with E-state index < -0.39 is 0 Å². The third kappa shape index (κ3) is 4.07. The Kier molecular flexibility index (Phi) is 4.88. The molecule has 102 valence electrons. The van der Waals surface area contributed by atoms with Gasteiger partial charge in [0, 0.05) is 17.5 Å². The summed E-state index contributed by atoms with van der Waals surface area (Å²) in [5.74, 6) is -0.138. The third-order valence-corrected chi connectivity index (χ3v) is 3.38. The third-order valence-electron chi connectivity index (χ3n) is 3.38. The molecule has 0 aliphatic heterocycles. The van der Waals surface area contributed by atoms with Crippen molar-refractivity contribution >= 4 is 0 Å². The van der Waals surface area contributed by atoms with Crippen molar-refractivity contribution < 1.29 is 4.39 Å². The second-order valence-electron chi connectivity index (χ2n) is 6.14. The van der Waals surface area contributed by atoms with Crippen molar-refractivity contribution in [1.82, 2.24) is 5.32 Å². The van der Waals surface area contributed by atoms with E-state index in [4.69, 9.17) is 5.73 Å². The standard InChI is InChI=1S/C15H25FN2/c1-14(2,11-18-15(3,4)9-10-17)12-7-5-6-8-13(12)16/h5-8,18H,9-11,17H2,1-4H3. The van der Waals surface area contributed by atoms with Gasteiger partial charge in [0.2, 0.25) is 0 Å². The quantitative estimate of drug-likeness (QED) is 0.817. The molecule has 1 rings (SSSR count). The van der Waals surface area contributed by atoms with Gasteiger partial charge in [-0.1, -0.05) is 32.0 Å². The van der Waals surface area contributed by atoms with E-state index in [1.54, 1.807) is 6.07 Å². The Morgan fingerprint density at radius 1 is 1.17 bits per heavy atom. The molecule has 1 aromatic carbocycles. The summed E-state index contributed by atoms with van der Waals surface area (Å²) in [5, 5.41) is 3.48. The molecule has 3 heteroatoms. The molecule has 0 aliphatic rings. The van der Waals surface area contributed by atoms with Crippen LogP contribution in [-0.4, -0.2) is 18.6 Å². The summed E-state index contributed by atoms with van der Waals surface area (Å²) < 4.78 is 13.8. The van der Waals surface area contributed by atoms with Crippen LogP contribution in [0.25, 0.3) is 0 Å². The average molecular weight is 252 g/mol. The zero-order chi connectivity index (χ0) is 13.8. The largest absolute Gasteiger partial charge is 0.330 e. The average Bonchev–Trinajstić information content (AvgIpc) is 2.27. The van der Waals surface area contributed by atoms with Gasteiger partial charge in [-0.25, -0.2) is 4.39 Å². The second-order valence-corrected chi connectivity index (χ2v) is 6.14. The molecule has 0 aromatic heterocycles. The topological polar surface area (TPSA) is 38.0 Å². The summed E-state index contributed by atoms with van der Waals surface area (Å²) in [6, 6.07) is 6.97. The molecule has 0 bridgehead atoms. The Labute approximate surface area is 110 Å². The van der Waals surface area contributed by atoms with E-state index in [-0.39, 0.29) is 16.8 Å². The SMILES string of the molecule is CC(C)(CCN)NCC(C)(C)c1ccccc1F. The Morgan fingerprint density at radius 3 is 2.33 bits per heavy atom. The van der Waals surface area contributed by atoms with Crippen molar-refractivity contribution in [2.75, 3.05) is 13.1 Å². The van der Waals surface area contributed by atoms with Gasteiger partial charge in [0.25, 0.3) is 0 Å². The molecule has 0 heterocycles. The van der Waals surface area contributed by atoms with Crippen LogP contribution in [0.4, 0.5) is 4.39 Å². The van der Waals surface area contributed by atoms with Crippen molar-refractivity contribution in [2.24, 2.45) is 5.73 Å². The van der Waals surface area contributed by atoms with Gasteiger partial charge in [0.1, 0.15) is 5.82 Å². The van der Waals surface area contributed by atoms with Gasteiger partial charge >= 0.3 is 0 Å². The Bertz CT molecular complexity index is 386. The Hall–Kier alpha value is -0.930. The second kappa shape index (κ2) is 5.81. The van der Waals surface area contributed by atoms with Crippen molar-refractivity contribution in [2.45, 2.75) is 45.1 Å². The van der Waals surface area contributed by atoms with Crippen LogP contribution in [-0.2, 0) is 5.41 Å². The van der Waals surface area contributed by atoms with E-state index in [0.29, 0.717) is 6.54 Å². The normalized spacial score (nSPS) is 12.8. The van der Waals surface area contributed by atoms with E-state index in [9.17, 15) is 4.39 Å². The number of rotatable bonds is 6. The van der Waals surface area contributed by atoms with Crippen molar-refractivity contribution in [3.63, 3.8) is 0 Å². The maximum absolute atomic E-state index is 13.8. The van der Waals surface area contributed by atoms with Gasteiger partial charge in [-0.2, -0.15) is 0 Å². The predicted molar refractivity (Wildman–Crippen MR) is 75.2 cm³/mol. The fourth-order valence-corrected chi connectivity index (χ4v) is 2.01. The van der Waals surface area contributed by atoms with E-state index >= 15 is 0 Å². The number of hydrogen-bond donors (Lipinski definition) is 2. The lowest BCUT2D eigenvalue weighted by Gasteiger charge is -2.33. The summed E-state index contributed by atoms with van der Waals surface area (Å²) in [6.07, 6.45) is 0.903. The van der Waals surface area contributed by atoms with Crippen LogP contribution in [0.2, 0.25) is 0 Å². The van der Waals surface area contributed by atoms with Gasteiger partial charge in [0.05, 0.1) is 0 Å². The lowest BCUT2D eigenvalue weighted by atomic mass is 9.83. The van der Waals surface area contributed by atoms with Crippen LogP contribution in [0.15, 0.2) is 24.3 Å². The number of hydrogen-bond acceptors (Lipinski definition) is 2. The first kappa shape index (κ1) is 15.1. The molecule has 0 saturated heterocycles. The molecule has 0 unspecified atom stereocenters. The van der Waals surface area contributed by atoms with Crippen LogP contribution in [0.5, 0.6) is 0 Å². The molecule has 0 fully saturated rings. The van der Waals surface area contributed by atoms with Crippen molar-refractivity contribution in [3.05, 3.63) is 35.6 Å². The molecule has 1 aromatic rings. The van der Waals surface area contributed by atoms with Gasteiger partial charge in [0.15, 0.2) is 0 Å². The Morgan fingerprint density at radius 2 is 1.78 bits per heavy atom. The summed E-state index contributed by atoms with van der Waals surface area (Å²) >= 11 is 0. The minimum absolute atomic E-state index is 0.0166. The summed E-state index contributed by atoms with van der Waals surface area (Å²) in [6.45, 7) is 9.73. The van der Waals surface area contributed by atoms with Crippen LogP contribution >= 0.6 is 0 Å². The molecular formula is C15H25FN2. The summed E-state index contributed by atoms with van der Waals surface area (Å²) in [5.41, 5.74) is 6.08. The summed E-state index contributed by atoms with van der Waals surface area (Å²) in [4.78, 5) is 0. The van der Waals surface area contributed by atoms with Crippen molar-refractivity contribution in [3.8, 4) is 0 Å². The van der Waals surface area contributed by atoms with Crippen LogP contribution < -0.4 is 11.1 Å². The zero-order valence-electron chi connectivity index (χ0n) is 11.9. The van der Waals surface area contributed by atoms with Gasteiger partial charge in [-0.15, -0.1) is 0 Å². The first-order chi connectivity index (χ1) is 8.28. The molecule has 0 amide bonds. The molecule has 0 spiro atoms. The van der Waals surface area contributed by atoms with Crippen LogP contribution in [0.1, 0.15) is 39.7 Å². The van der Waals surface area contributed by atoms with Gasteiger partial charge in [-0.3, -0.25) is 0 Å². The van der Waals surface area contributed by atoms with Gasteiger partial charge in [-0.05, 0) is 38.4 Å². The maximum Gasteiger partial charge on any atom is 0.126 e. The van der Waals surface area contributed by atoms with E-state index in [2.05, 4.69) is 33.0 Å². The van der Waals surface area contributed by atoms with Gasteiger partial charge < -0.3 is 11.1 Å². The molecule has 2 nitrogen and oxygen atoms in total. The molecule has 0 atom stereocenters. The first-order valence-electron chi connectivity index (χ1n) is 6.49. The van der Waals surface area contributed by atoms with E-state index in [0.717, 1.165) is 18.5 Å². The highest BCUT2D eigenvalue weighted by atomic mass is 19.1. The molecular weight excluding hydrogens is 227 g/mol. The Balaban J connectivity index is 2.74. The van der Waals surface area contributed by atoms with Crippen LogP contribution in [0.3, 0.4) is 0 Å². The molecule has 0 radical (unpaired) electrons. The number of halogens is 1. The van der Waals surface area contributed by atoms with E-state index in [1.807, 2.05) is 12.1 Å². The minimum Gasteiger partial charge on any atom is -0.330 e. The first-order valence-corrected chi connectivity index (χ1v) is 6.49. The highest BCUT2D eigenvalue weighted by Gasteiger charge is 2.26. The number of nitrogens with one attached hydrogen (secondary N) is 1. The zero-order valence-corrected chi connectivity index (χ0v) is 11.9. The monoisotopic (exact) mass is 252 g/mol. The molecule has 0 saturated carbocycles. The molecule has 0 aliphatic carbocycles. The maximum atomic E-state index is 13.8. The predicted octanol–water partition coefficient (Wildman–Crippen LogP) is 2.82. The molecule has 3 N–H and O–H groups in total. The fourth-order valence-electron chi connectivity index (χ4n) is 2.01. The number of nitrogens with two attached hydrogens (primary N) is 1. The number of benzene rings is 1.